The maximum absolute atomic E-state index is 12.4. The van der Waals surface area contributed by atoms with Gasteiger partial charge in [0.15, 0.2) is 10.8 Å². The van der Waals surface area contributed by atoms with Crippen LogP contribution >= 0.6 is 11.3 Å². The molecule has 0 bridgehead atoms. The number of aromatic amines is 1. The smallest absolute Gasteiger partial charge is 0.330 e. The second kappa shape index (κ2) is 5.29. The minimum atomic E-state index is -0.383. The maximum Gasteiger partial charge on any atom is 0.330 e. The number of hydrogen-bond acceptors (Lipinski definition) is 5. The van der Waals surface area contributed by atoms with E-state index in [1.807, 2.05) is 13.8 Å². The molecule has 2 aromatic rings. The van der Waals surface area contributed by atoms with Gasteiger partial charge in [-0.1, -0.05) is 18.3 Å². The van der Waals surface area contributed by atoms with E-state index < -0.39 is 0 Å². The van der Waals surface area contributed by atoms with Crippen molar-refractivity contribution in [1.82, 2.24) is 14.5 Å². The number of thiazole rings is 1. The summed E-state index contributed by atoms with van der Waals surface area (Å²) in [5, 5.41) is 0.839. The molecular weight excluding hydrogens is 288 g/mol. The second-order valence-corrected chi connectivity index (χ2v) is 7.02. The average Bonchev–Trinajstić information content (AvgIpc) is 2.83. The number of aromatic nitrogens is 3. The van der Waals surface area contributed by atoms with Crippen molar-refractivity contribution in [2.45, 2.75) is 39.7 Å². The molecule has 7 heteroatoms. The van der Waals surface area contributed by atoms with Crippen LogP contribution in [0.15, 0.2) is 9.59 Å². The van der Waals surface area contributed by atoms with E-state index in [0.29, 0.717) is 10.3 Å². The van der Waals surface area contributed by atoms with Crippen LogP contribution in [0.2, 0.25) is 0 Å². The summed E-state index contributed by atoms with van der Waals surface area (Å²) in [6, 6.07) is -0.160. The van der Waals surface area contributed by atoms with Crippen LogP contribution in [0.4, 0.5) is 5.13 Å². The summed E-state index contributed by atoms with van der Waals surface area (Å²) in [7, 11) is 0. The molecule has 0 aromatic carbocycles. The van der Waals surface area contributed by atoms with Gasteiger partial charge in [0.05, 0.1) is 0 Å². The highest BCUT2D eigenvalue weighted by atomic mass is 32.1. The molecule has 3 heterocycles. The molecule has 3 rings (SSSR count). The third-order valence-corrected chi connectivity index (χ3v) is 5.15. The lowest BCUT2D eigenvalue weighted by Gasteiger charge is -2.29. The van der Waals surface area contributed by atoms with Gasteiger partial charge in [-0.05, 0) is 32.6 Å². The lowest BCUT2D eigenvalue weighted by Crippen LogP contribution is -2.35. The molecule has 0 spiro atoms. The van der Waals surface area contributed by atoms with Gasteiger partial charge in [0.25, 0.3) is 5.56 Å². The molecule has 0 radical (unpaired) electrons. The fourth-order valence-electron chi connectivity index (χ4n) is 2.71. The van der Waals surface area contributed by atoms with Gasteiger partial charge in [0.2, 0.25) is 0 Å². The molecule has 21 heavy (non-hydrogen) atoms. The van der Waals surface area contributed by atoms with Gasteiger partial charge in [-0.3, -0.25) is 14.3 Å². The number of anilines is 1. The summed E-state index contributed by atoms with van der Waals surface area (Å²) in [6.45, 7) is 7.84. The lowest BCUT2D eigenvalue weighted by atomic mass is 10.00. The zero-order valence-corrected chi connectivity index (χ0v) is 13.4. The third-order valence-electron chi connectivity index (χ3n) is 4.04. The van der Waals surface area contributed by atoms with Crippen molar-refractivity contribution >= 4 is 26.8 Å². The normalized spacial score (nSPS) is 17.0. The summed E-state index contributed by atoms with van der Waals surface area (Å²) in [4.78, 5) is 33.8. The minimum Gasteiger partial charge on any atom is -0.348 e. The molecule has 0 aliphatic carbocycles. The first-order valence-corrected chi connectivity index (χ1v) is 8.19. The molecule has 6 nitrogen and oxygen atoms in total. The Morgan fingerprint density at radius 1 is 1.29 bits per heavy atom. The summed E-state index contributed by atoms with van der Waals surface area (Å²) >= 11 is 1.38. The zero-order chi connectivity index (χ0) is 15.1. The average molecular weight is 308 g/mol. The molecule has 0 saturated carbocycles. The molecule has 1 aliphatic heterocycles. The predicted octanol–water partition coefficient (Wildman–Crippen LogP) is 1.96. The van der Waals surface area contributed by atoms with Crippen LogP contribution in [-0.4, -0.2) is 27.6 Å². The Morgan fingerprint density at radius 3 is 2.57 bits per heavy atom. The fourth-order valence-corrected chi connectivity index (χ4v) is 3.72. The van der Waals surface area contributed by atoms with E-state index in [1.54, 1.807) is 0 Å². The van der Waals surface area contributed by atoms with Crippen molar-refractivity contribution in [3.05, 3.63) is 20.8 Å². The molecule has 1 saturated heterocycles. The summed E-state index contributed by atoms with van der Waals surface area (Å²) in [6.07, 6.45) is 2.28. The van der Waals surface area contributed by atoms with Gasteiger partial charge < -0.3 is 4.90 Å². The molecule has 1 aliphatic rings. The highest BCUT2D eigenvalue weighted by Gasteiger charge is 2.21. The van der Waals surface area contributed by atoms with Gasteiger partial charge in [0.1, 0.15) is 4.70 Å². The van der Waals surface area contributed by atoms with Gasteiger partial charge in [-0.25, -0.2) is 9.78 Å². The number of fused-ring (bicyclic) bond motifs is 1. The van der Waals surface area contributed by atoms with Gasteiger partial charge in [-0.15, -0.1) is 0 Å². The Balaban J connectivity index is 2.07. The van der Waals surface area contributed by atoms with Crippen molar-refractivity contribution in [3.8, 4) is 0 Å². The van der Waals surface area contributed by atoms with Crippen LogP contribution in [0.5, 0.6) is 0 Å². The van der Waals surface area contributed by atoms with Crippen molar-refractivity contribution in [3.63, 3.8) is 0 Å². The maximum atomic E-state index is 12.4. The molecule has 1 N–H and O–H groups in total. The third kappa shape index (κ3) is 2.50. The number of H-pyrrole nitrogens is 1. The zero-order valence-electron chi connectivity index (χ0n) is 12.5. The first-order valence-electron chi connectivity index (χ1n) is 7.37. The topological polar surface area (TPSA) is 71.0 Å². The van der Waals surface area contributed by atoms with E-state index in [4.69, 9.17) is 0 Å². The van der Waals surface area contributed by atoms with Crippen molar-refractivity contribution in [2.75, 3.05) is 18.0 Å². The Labute approximate surface area is 126 Å². The van der Waals surface area contributed by atoms with E-state index in [-0.39, 0.29) is 17.3 Å². The van der Waals surface area contributed by atoms with E-state index in [2.05, 4.69) is 21.8 Å². The summed E-state index contributed by atoms with van der Waals surface area (Å²) in [5.74, 6) is 0.744. The largest absolute Gasteiger partial charge is 0.348 e. The monoisotopic (exact) mass is 308 g/mol. The number of rotatable bonds is 2. The van der Waals surface area contributed by atoms with Crippen LogP contribution in [0.25, 0.3) is 10.3 Å². The Bertz CT molecular complexity index is 765. The molecule has 0 unspecified atom stereocenters. The van der Waals surface area contributed by atoms with E-state index in [9.17, 15) is 9.59 Å². The standard InChI is InChI=1S/C14H20N4O2S/c1-8(2)18-12(19)10-11(15-13(18)20)16-14(21-10)17-6-4-9(3)5-7-17/h8-9H,4-7H2,1-3H3,(H,15,20). The Hall–Kier alpha value is -1.63. The molecule has 114 valence electrons. The number of nitrogens with one attached hydrogen (secondary N) is 1. The summed E-state index contributed by atoms with van der Waals surface area (Å²) < 4.78 is 1.79. The Kier molecular flexibility index (Phi) is 3.61. The van der Waals surface area contributed by atoms with Crippen molar-refractivity contribution in [2.24, 2.45) is 5.92 Å². The van der Waals surface area contributed by atoms with E-state index >= 15 is 0 Å². The van der Waals surface area contributed by atoms with E-state index in [1.165, 1.54) is 15.9 Å². The van der Waals surface area contributed by atoms with Gasteiger partial charge >= 0.3 is 5.69 Å². The van der Waals surface area contributed by atoms with Crippen LogP contribution in [-0.2, 0) is 0 Å². The highest BCUT2D eigenvalue weighted by Crippen LogP contribution is 2.28. The molecule has 0 atom stereocenters. The quantitative estimate of drug-likeness (QED) is 0.920. The van der Waals surface area contributed by atoms with Crippen molar-refractivity contribution in [1.29, 1.82) is 0 Å². The van der Waals surface area contributed by atoms with Crippen molar-refractivity contribution < 1.29 is 0 Å². The first-order chi connectivity index (χ1) is 9.97. The minimum absolute atomic E-state index is 0.160. The second-order valence-electron chi connectivity index (χ2n) is 6.04. The van der Waals surface area contributed by atoms with Gasteiger partial charge in [-0.2, -0.15) is 0 Å². The summed E-state index contributed by atoms with van der Waals surface area (Å²) in [5.41, 5.74) is -0.204. The van der Waals surface area contributed by atoms with Crippen LogP contribution in [0.1, 0.15) is 39.7 Å². The number of nitrogens with zero attached hydrogens (tertiary/aromatic N) is 3. The van der Waals surface area contributed by atoms with Crippen LogP contribution < -0.4 is 16.1 Å². The molecule has 1 fully saturated rings. The molecular formula is C14H20N4O2S. The van der Waals surface area contributed by atoms with Gasteiger partial charge in [0, 0.05) is 19.1 Å². The SMILES string of the molecule is CC1CCN(c2nc3[nH]c(=O)n(C(C)C)c(=O)c3s2)CC1. The highest BCUT2D eigenvalue weighted by molar-refractivity contribution is 7.22. The van der Waals surface area contributed by atoms with E-state index in [0.717, 1.165) is 37.0 Å². The Morgan fingerprint density at radius 2 is 1.95 bits per heavy atom. The number of piperidine rings is 1. The fraction of sp³-hybridized carbons (Fsp3) is 0.643. The molecule has 0 amide bonds. The predicted molar refractivity (Wildman–Crippen MR) is 85.5 cm³/mol. The lowest BCUT2D eigenvalue weighted by molar-refractivity contribution is 0.438. The number of hydrogen-bond donors (Lipinski definition) is 1. The molecule has 2 aromatic heterocycles. The first kappa shape index (κ1) is 14.3. The van der Waals surface area contributed by atoms with Crippen LogP contribution in [0.3, 0.4) is 0 Å². The van der Waals surface area contributed by atoms with Crippen LogP contribution in [0, 0.1) is 5.92 Å².